The van der Waals surface area contributed by atoms with Crippen LogP contribution < -0.4 is 5.32 Å². The van der Waals surface area contributed by atoms with Gasteiger partial charge in [0.25, 0.3) is 0 Å². The molecule has 0 fully saturated rings. The van der Waals surface area contributed by atoms with Gasteiger partial charge >= 0.3 is 0 Å². The van der Waals surface area contributed by atoms with Crippen molar-refractivity contribution in [1.82, 2.24) is 19.9 Å². The van der Waals surface area contributed by atoms with E-state index < -0.39 is 0 Å². The van der Waals surface area contributed by atoms with Gasteiger partial charge in [0.2, 0.25) is 5.91 Å². The Kier molecular flexibility index (Phi) is 3.72. The fourth-order valence-electron chi connectivity index (χ4n) is 2.90. The van der Waals surface area contributed by atoms with E-state index in [1.54, 1.807) is 6.26 Å². The zero-order chi connectivity index (χ0) is 17.4. The molecule has 25 heavy (non-hydrogen) atoms. The first-order chi connectivity index (χ1) is 12.1. The number of furan rings is 1. The van der Waals surface area contributed by atoms with Gasteiger partial charge in [-0.15, -0.1) is 10.2 Å². The molecule has 0 aliphatic heterocycles. The molecule has 0 saturated carbocycles. The van der Waals surface area contributed by atoms with Crippen molar-refractivity contribution in [3.8, 4) is 0 Å². The second kappa shape index (κ2) is 6.05. The minimum Gasteiger partial charge on any atom is -0.464 e. The van der Waals surface area contributed by atoms with Crippen LogP contribution >= 0.6 is 0 Å². The van der Waals surface area contributed by atoms with Crippen molar-refractivity contribution in [2.45, 2.75) is 26.8 Å². The summed E-state index contributed by atoms with van der Waals surface area (Å²) >= 11 is 0. The number of nitrogens with one attached hydrogen (secondary N) is 1. The topological polar surface area (TPSA) is 72.4 Å². The Balaban J connectivity index is 1.48. The van der Waals surface area contributed by atoms with Crippen molar-refractivity contribution in [2.75, 3.05) is 0 Å². The molecule has 6 nitrogen and oxygen atoms in total. The summed E-state index contributed by atoms with van der Waals surface area (Å²) in [5.74, 6) is 0.626. The smallest absolute Gasteiger partial charge is 0.224 e. The molecule has 0 atom stereocenters. The highest BCUT2D eigenvalue weighted by Gasteiger charge is 2.12. The molecule has 0 saturated heterocycles. The van der Waals surface area contributed by atoms with Crippen LogP contribution in [0.4, 0.5) is 0 Å². The largest absolute Gasteiger partial charge is 0.464 e. The molecule has 0 aliphatic rings. The van der Waals surface area contributed by atoms with Crippen LogP contribution in [-0.4, -0.2) is 20.5 Å². The van der Waals surface area contributed by atoms with E-state index in [2.05, 4.69) is 28.5 Å². The SMILES string of the molecule is Cc1cc2occ(CC(=O)NCc3nnc4ccccn34)c2cc1C. The first-order valence-corrected chi connectivity index (χ1v) is 8.14. The number of nitrogens with zero attached hydrogens (tertiary/aromatic N) is 3. The first-order valence-electron chi connectivity index (χ1n) is 8.14. The van der Waals surface area contributed by atoms with Crippen molar-refractivity contribution in [2.24, 2.45) is 0 Å². The average Bonchev–Trinajstić information content (AvgIpc) is 3.18. The zero-order valence-electron chi connectivity index (χ0n) is 14.1. The van der Waals surface area contributed by atoms with Crippen LogP contribution in [0.25, 0.3) is 16.6 Å². The maximum atomic E-state index is 12.3. The molecule has 1 N–H and O–H groups in total. The number of pyridine rings is 1. The van der Waals surface area contributed by atoms with Gasteiger partial charge in [0.05, 0.1) is 19.2 Å². The minimum atomic E-state index is -0.0754. The molecule has 0 aliphatic carbocycles. The number of hydrogen-bond acceptors (Lipinski definition) is 4. The number of rotatable bonds is 4. The fourth-order valence-corrected chi connectivity index (χ4v) is 2.90. The van der Waals surface area contributed by atoms with E-state index in [1.165, 1.54) is 11.1 Å². The first kappa shape index (κ1) is 15.4. The molecule has 6 heteroatoms. The fraction of sp³-hybridized carbons (Fsp3) is 0.211. The lowest BCUT2D eigenvalue weighted by Crippen LogP contribution is -2.25. The second-order valence-electron chi connectivity index (χ2n) is 6.19. The van der Waals surface area contributed by atoms with Crippen LogP contribution in [-0.2, 0) is 17.8 Å². The molecular weight excluding hydrogens is 316 g/mol. The number of aromatic nitrogens is 3. The summed E-state index contributed by atoms with van der Waals surface area (Å²) in [5, 5.41) is 12.1. The van der Waals surface area contributed by atoms with Gasteiger partial charge in [0.1, 0.15) is 5.58 Å². The molecule has 126 valence electrons. The molecule has 0 spiro atoms. The predicted molar refractivity (Wildman–Crippen MR) is 94.2 cm³/mol. The molecule has 4 aromatic rings. The Morgan fingerprint density at radius 1 is 1.20 bits per heavy atom. The van der Waals surface area contributed by atoms with Crippen molar-refractivity contribution in [3.63, 3.8) is 0 Å². The summed E-state index contributed by atoms with van der Waals surface area (Å²) < 4.78 is 7.45. The summed E-state index contributed by atoms with van der Waals surface area (Å²) in [7, 11) is 0. The molecule has 0 radical (unpaired) electrons. The number of hydrogen-bond donors (Lipinski definition) is 1. The van der Waals surface area contributed by atoms with E-state index in [-0.39, 0.29) is 12.3 Å². The number of fused-ring (bicyclic) bond motifs is 2. The maximum Gasteiger partial charge on any atom is 0.224 e. The van der Waals surface area contributed by atoms with Crippen LogP contribution in [0.1, 0.15) is 22.5 Å². The van der Waals surface area contributed by atoms with Crippen LogP contribution in [0.5, 0.6) is 0 Å². The Hall–Kier alpha value is -3.15. The average molecular weight is 334 g/mol. The number of benzene rings is 1. The van der Waals surface area contributed by atoms with Gasteiger partial charge in [-0.25, -0.2) is 0 Å². The monoisotopic (exact) mass is 334 g/mol. The van der Waals surface area contributed by atoms with Crippen LogP contribution in [0.3, 0.4) is 0 Å². The van der Waals surface area contributed by atoms with E-state index in [0.29, 0.717) is 12.4 Å². The predicted octanol–water partition coefficient (Wildman–Crippen LogP) is 2.95. The van der Waals surface area contributed by atoms with Gasteiger partial charge in [-0.2, -0.15) is 0 Å². The summed E-state index contributed by atoms with van der Waals surface area (Å²) in [4.78, 5) is 12.3. The van der Waals surface area contributed by atoms with Gasteiger partial charge in [-0.3, -0.25) is 9.20 Å². The van der Waals surface area contributed by atoms with Crippen molar-refractivity contribution in [3.05, 3.63) is 65.3 Å². The minimum absolute atomic E-state index is 0.0754. The third-order valence-corrected chi connectivity index (χ3v) is 4.45. The Bertz CT molecular complexity index is 1080. The molecular formula is C19H18N4O2. The van der Waals surface area contributed by atoms with E-state index in [4.69, 9.17) is 4.42 Å². The Labute approximate surface area is 144 Å². The standard InChI is InChI=1S/C19H18N4O2/c1-12-7-15-14(11-25-16(15)8-13(12)2)9-19(24)20-10-18-22-21-17-5-3-4-6-23(17)18/h3-8,11H,9-10H2,1-2H3,(H,20,24). The summed E-state index contributed by atoms with van der Waals surface area (Å²) in [6, 6.07) is 9.77. The quantitative estimate of drug-likeness (QED) is 0.623. The van der Waals surface area contributed by atoms with Gasteiger partial charge in [0.15, 0.2) is 11.5 Å². The molecule has 3 heterocycles. The van der Waals surface area contributed by atoms with Gasteiger partial charge < -0.3 is 9.73 Å². The van der Waals surface area contributed by atoms with Crippen LogP contribution in [0.2, 0.25) is 0 Å². The highest BCUT2D eigenvalue weighted by atomic mass is 16.3. The third-order valence-electron chi connectivity index (χ3n) is 4.45. The number of carbonyl (C=O) groups excluding carboxylic acids is 1. The Morgan fingerprint density at radius 3 is 2.92 bits per heavy atom. The lowest BCUT2D eigenvalue weighted by Gasteiger charge is -2.04. The molecule has 0 unspecified atom stereocenters. The van der Waals surface area contributed by atoms with Gasteiger partial charge in [-0.05, 0) is 49.2 Å². The van der Waals surface area contributed by atoms with Crippen molar-refractivity contribution < 1.29 is 9.21 Å². The maximum absolute atomic E-state index is 12.3. The van der Waals surface area contributed by atoms with E-state index >= 15 is 0 Å². The van der Waals surface area contributed by atoms with E-state index in [0.717, 1.165) is 22.2 Å². The highest BCUT2D eigenvalue weighted by Crippen LogP contribution is 2.25. The lowest BCUT2D eigenvalue weighted by molar-refractivity contribution is -0.120. The number of aryl methyl sites for hydroxylation is 2. The van der Waals surface area contributed by atoms with Crippen molar-refractivity contribution in [1.29, 1.82) is 0 Å². The van der Waals surface area contributed by atoms with Crippen molar-refractivity contribution >= 4 is 22.5 Å². The lowest BCUT2D eigenvalue weighted by atomic mass is 10.0. The molecule has 0 bridgehead atoms. The molecule has 3 aromatic heterocycles. The zero-order valence-corrected chi connectivity index (χ0v) is 14.1. The summed E-state index contributed by atoms with van der Waals surface area (Å²) in [6.45, 7) is 4.44. The van der Waals surface area contributed by atoms with Gasteiger partial charge in [0, 0.05) is 17.1 Å². The summed E-state index contributed by atoms with van der Waals surface area (Å²) in [5.41, 5.74) is 4.83. The number of amides is 1. The molecule has 1 aromatic carbocycles. The van der Waals surface area contributed by atoms with Crippen LogP contribution in [0.15, 0.2) is 47.2 Å². The molecule has 4 rings (SSSR count). The Morgan fingerprint density at radius 2 is 2.04 bits per heavy atom. The van der Waals surface area contributed by atoms with E-state index in [9.17, 15) is 4.79 Å². The summed E-state index contributed by atoms with van der Waals surface area (Å²) in [6.07, 6.45) is 3.81. The number of carbonyl (C=O) groups is 1. The molecule has 1 amide bonds. The van der Waals surface area contributed by atoms with E-state index in [1.807, 2.05) is 41.8 Å². The van der Waals surface area contributed by atoms with Gasteiger partial charge in [-0.1, -0.05) is 6.07 Å². The third kappa shape index (κ3) is 2.87. The second-order valence-corrected chi connectivity index (χ2v) is 6.19. The normalized spacial score (nSPS) is 11.3. The van der Waals surface area contributed by atoms with Crippen LogP contribution in [0, 0.1) is 13.8 Å². The highest BCUT2D eigenvalue weighted by molar-refractivity contribution is 5.88.